The van der Waals surface area contributed by atoms with Gasteiger partial charge in [-0.05, 0) is 37.2 Å². The van der Waals surface area contributed by atoms with Crippen LogP contribution < -0.4 is 5.32 Å². The maximum atomic E-state index is 12.3. The lowest BCUT2D eigenvalue weighted by Gasteiger charge is -2.18. The first-order valence-corrected chi connectivity index (χ1v) is 7.31. The van der Waals surface area contributed by atoms with Crippen molar-refractivity contribution in [2.75, 3.05) is 13.1 Å². The standard InChI is InChI=1S/C15H22N2O2/c1-9-5-12-13(6-9)15(19)17(14(12)18)8-10(2)7-16-11-3-4-11/h9,11-13,16H,2-8H2,1H3. The molecule has 1 aliphatic heterocycles. The molecule has 1 saturated heterocycles. The predicted molar refractivity (Wildman–Crippen MR) is 72.3 cm³/mol. The molecule has 1 heterocycles. The van der Waals surface area contributed by atoms with Crippen LogP contribution in [0.2, 0.25) is 0 Å². The summed E-state index contributed by atoms with van der Waals surface area (Å²) in [5.74, 6) is 0.474. The average molecular weight is 262 g/mol. The van der Waals surface area contributed by atoms with Crippen molar-refractivity contribution >= 4 is 11.8 Å². The van der Waals surface area contributed by atoms with Crippen LogP contribution in [0, 0.1) is 17.8 Å². The van der Waals surface area contributed by atoms with Gasteiger partial charge in [-0.2, -0.15) is 0 Å². The molecule has 3 fully saturated rings. The number of hydrogen-bond donors (Lipinski definition) is 1. The van der Waals surface area contributed by atoms with Gasteiger partial charge in [-0.15, -0.1) is 0 Å². The highest BCUT2D eigenvalue weighted by atomic mass is 16.2. The molecule has 2 saturated carbocycles. The number of rotatable bonds is 5. The number of nitrogens with zero attached hydrogens (tertiary/aromatic N) is 1. The molecule has 2 unspecified atom stereocenters. The summed E-state index contributed by atoms with van der Waals surface area (Å²) < 4.78 is 0. The molecule has 0 aromatic carbocycles. The minimum absolute atomic E-state index is 0.0342. The number of likely N-dealkylation sites (tertiary alicyclic amines) is 1. The summed E-state index contributed by atoms with van der Waals surface area (Å²) in [6.07, 6.45) is 4.21. The largest absolute Gasteiger partial charge is 0.310 e. The zero-order chi connectivity index (χ0) is 13.6. The van der Waals surface area contributed by atoms with Crippen LogP contribution in [-0.4, -0.2) is 35.8 Å². The second-order valence-electron chi connectivity index (χ2n) is 6.46. The lowest BCUT2D eigenvalue weighted by molar-refractivity contribution is -0.140. The summed E-state index contributed by atoms with van der Waals surface area (Å²) in [5, 5.41) is 3.37. The van der Waals surface area contributed by atoms with Crippen LogP contribution in [0.15, 0.2) is 12.2 Å². The van der Waals surface area contributed by atoms with Crippen molar-refractivity contribution < 1.29 is 9.59 Å². The summed E-state index contributed by atoms with van der Waals surface area (Å²) in [4.78, 5) is 26.0. The molecule has 3 rings (SSSR count). The maximum absolute atomic E-state index is 12.3. The van der Waals surface area contributed by atoms with E-state index < -0.39 is 0 Å². The number of imide groups is 1. The molecular weight excluding hydrogens is 240 g/mol. The van der Waals surface area contributed by atoms with E-state index in [1.165, 1.54) is 17.7 Å². The van der Waals surface area contributed by atoms with E-state index in [4.69, 9.17) is 0 Å². The number of carbonyl (C=O) groups is 2. The van der Waals surface area contributed by atoms with Crippen molar-refractivity contribution in [1.82, 2.24) is 10.2 Å². The van der Waals surface area contributed by atoms with Gasteiger partial charge in [0.05, 0.1) is 18.4 Å². The van der Waals surface area contributed by atoms with Gasteiger partial charge in [0.25, 0.3) is 0 Å². The fourth-order valence-electron chi connectivity index (χ4n) is 3.36. The second-order valence-corrected chi connectivity index (χ2v) is 6.46. The van der Waals surface area contributed by atoms with Crippen LogP contribution in [0.1, 0.15) is 32.6 Å². The zero-order valence-corrected chi connectivity index (χ0v) is 11.5. The molecule has 4 nitrogen and oxygen atoms in total. The van der Waals surface area contributed by atoms with Crippen LogP contribution in [0.25, 0.3) is 0 Å². The number of carbonyl (C=O) groups excluding carboxylic acids is 2. The van der Waals surface area contributed by atoms with Crippen molar-refractivity contribution in [1.29, 1.82) is 0 Å². The topological polar surface area (TPSA) is 49.4 Å². The summed E-state index contributed by atoms with van der Waals surface area (Å²) >= 11 is 0. The molecule has 4 heteroatoms. The quantitative estimate of drug-likeness (QED) is 0.600. The van der Waals surface area contributed by atoms with Gasteiger partial charge in [0.2, 0.25) is 11.8 Å². The zero-order valence-electron chi connectivity index (χ0n) is 11.5. The highest BCUT2D eigenvalue weighted by Crippen LogP contribution is 2.42. The van der Waals surface area contributed by atoms with Crippen LogP contribution in [0.3, 0.4) is 0 Å². The second kappa shape index (κ2) is 4.75. The average Bonchev–Trinajstić information content (AvgIpc) is 3.09. The smallest absolute Gasteiger partial charge is 0.233 e. The van der Waals surface area contributed by atoms with Gasteiger partial charge in [0.1, 0.15) is 0 Å². The molecule has 19 heavy (non-hydrogen) atoms. The van der Waals surface area contributed by atoms with Gasteiger partial charge in [0.15, 0.2) is 0 Å². The van der Waals surface area contributed by atoms with Crippen LogP contribution in [0.5, 0.6) is 0 Å². The molecule has 2 atom stereocenters. The Balaban J connectivity index is 1.57. The van der Waals surface area contributed by atoms with E-state index in [-0.39, 0.29) is 23.7 Å². The molecule has 2 amide bonds. The number of nitrogens with one attached hydrogen (secondary N) is 1. The lowest BCUT2D eigenvalue weighted by atomic mass is 10.00. The van der Waals surface area contributed by atoms with Gasteiger partial charge in [-0.3, -0.25) is 14.5 Å². The Morgan fingerprint density at radius 3 is 2.37 bits per heavy atom. The van der Waals surface area contributed by atoms with Crippen molar-refractivity contribution in [3.63, 3.8) is 0 Å². The molecule has 2 aliphatic carbocycles. The summed E-state index contributed by atoms with van der Waals surface area (Å²) in [6.45, 7) is 7.23. The first-order chi connectivity index (χ1) is 9.06. The van der Waals surface area contributed by atoms with Gasteiger partial charge in [-0.25, -0.2) is 0 Å². The molecule has 0 bridgehead atoms. The minimum atomic E-state index is -0.0494. The van der Waals surface area contributed by atoms with E-state index in [0.29, 0.717) is 25.0 Å². The third kappa shape index (κ3) is 2.46. The Labute approximate surface area is 114 Å². The Kier molecular flexibility index (Phi) is 3.21. The normalized spacial score (nSPS) is 33.9. The monoisotopic (exact) mass is 262 g/mol. The molecule has 104 valence electrons. The Hall–Kier alpha value is -1.16. The fourth-order valence-corrected chi connectivity index (χ4v) is 3.36. The number of fused-ring (bicyclic) bond motifs is 1. The summed E-state index contributed by atoms with van der Waals surface area (Å²) in [5.41, 5.74) is 0.932. The maximum Gasteiger partial charge on any atom is 0.233 e. The fraction of sp³-hybridized carbons (Fsp3) is 0.733. The molecule has 0 radical (unpaired) electrons. The van der Waals surface area contributed by atoms with Gasteiger partial charge in [-0.1, -0.05) is 13.5 Å². The van der Waals surface area contributed by atoms with Gasteiger partial charge < -0.3 is 5.32 Å². The number of hydrogen-bond acceptors (Lipinski definition) is 3. The van der Waals surface area contributed by atoms with Gasteiger partial charge >= 0.3 is 0 Å². The first-order valence-electron chi connectivity index (χ1n) is 7.31. The van der Waals surface area contributed by atoms with Crippen molar-refractivity contribution in [2.24, 2.45) is 17.8 Å². The third-order valence-electron chi connectivity index (χ3n) is 4.56. The van der Waals surface area contributed by atoms with Crippen molar-refractivity contribution in [3.05, 3.63) is 12.2 Å². The molecule has 0 aromatic heterocycles. The molecule has 3 aliphatic rings. The number of amides is 2. The first kappa shape index (κ1) is 12.9. The Morgan fingerprint density at radius 1 is 1.26 bits per heavy atom. The highest BCUT2D eigenvalue weighted by Gasteiger charge is 2.51. The SMILES string of the molecule is C=C(CNC1CC1)CN1C(=O)C2CC(C)CC2C1=O. The van der Waals surface area contributed by atoms with E-state index in [2.05, 4.69) is 18.8 Å². The summed E-state index contributed by atoms with van der Waals surface area (Å²) in [6, 6.07) is 0.627. The Morgan fingerprint density at radius 2 is 1.84 bits per heavy atom. The van der Waals surface area contributed by atoms with Crippen molar-refractivity contribution in [3.8, 4) is 0 Å². The van der Waals surface area contributed by atoms with E-state index in [0.717, 1.165) is 18.4 Å². The predicted octanol–water partition coefficient (Wildman–Crippen LogP) is 1.33. The van der Waals surface area contributed by atoms with Crippen LogP contribution in [-0.2, 0) is 9.59 Å². The van der Waals surface area contributed by atoms with E-state index in [1.807, 2.05) is 0 Å². The molecule has 0 spiro atoms. The Bertz CT molecular complexity index is 404. The molecular formula is C15H22N2O2. The van der Waals surface area contributed by atoms with Crippen LogP contribution in [0.4, 0.5) is 0 Å². The molecule has 0 aromatic rings. The van der Waals surface area contributed by atoms with E-state index in [1.54, 1.807) is 0 Å². The van der Waals surface area contributed by atoms with Gasteiger partial charge in [0, 0.05) is 12.6 Å². The minimum Gasteiger partial charge on any atom is -0.310 e. The van der Waals surface area contributed by atoms with E-state index in [9.17, 15) is 9.59 Å². The summed E-state index contributed by atoms with van der Waals surface area (Å²) in [7, 11) is 0. The lowest BCUT2D eigenvalue weighted by Crippen LogP contribution is -2.35. The van der Waals surface area contributed by atoms with Crippen LogP contribution >= 0.6 is 0 Å². The third-order valence-corrected chi connectivity index (χ3v) is 4.56. The highest BCUT2D eigenvalue weighted by molar-refractivity contribution is 6.05. The molecule has 1 N–H and O–H groups in total. The van der Waals surface area contributed by atoms with Crippen molar-refractivity contribution in [2.45, 2.75) is 38.6 Å². The van der Waals surface area contributed by atoms with E-state index >= 15 is 0 Å².